The first-order chi connectivity index (χ1) is 8.79. The normalized spacial score (nSPS) is 10.2. The van der Waals surface area contributed by atoms with Crippen molar-refractivity contribution in [3.8, 4) is 6.07 Å². The van der Waals surface area contributed by atoms with Crippen molar-refractivity contribution >= 4 is 22.9 Å². The molecule has 0 aliphatic heterocycles. The molecule has 0 aliphatic carbocycles. The van der Waals surface area contributed by atoms with Gasteiger partial charge in [0.25, 0.3) is 0 Å². The Morgan fingerprint density at radius 1 is 1.33 bits per heavy atom. The molecule has 0 bridgehead atoms. The van der Waals surface area contributed by atoms with Crippen LogP contribution in [0.1, 0.15) is 16.7 Å². The second kappa shape index (κ2) is 6.55. The summed E-state index contributed by atoms with van der Waals surface area (Å²) in [5, 5.41) is 17.0. The highest BCUT2D eigenvalue weighted by Gasteiger charge is 2.01. The van der Waals surface area contributed by atoms with Crippen molar-refractivity contribution in [3.63, 3.8) is 0 Å². The molecule has 2 rings (SSSR count). The van der Waals surface area contributed by atoms with E-state index in [0.717, 1.165) is 25.1 Å². The van der Waals surface area contributed by atoms with Gasteiger partial charge in [0, 0.05) is 11.6 Å². The lowest BCUT2D eigenvalue weighted by Crippen LogP contribution is -2.16. The first-order valence-corrected chi connectivity index (χ1v) is 7.02. The zero-order valence-electron chi connectivity index (χ0n) is 9.82. The molecule has 2 nitrogen and oxygen atoms in total. The predicted octanol–water partition coefficient (Wildman–Crippen LogP) is 3.61. The van der Waals surface area contributed by atoms with Crippen molar-refractivity contribution in [2.45, 2.75) is 13.0 Å². The van der Waals surface area contributed by atoms with Crippen LogP contribution < -0.4 is 5.32 Å². The van der Waals surface area contributed by atoms with Crippen LogP contribution in [0, 0.1) is 11.3 Å². The van der Waals surface area contributed by atoms with Crippen LogP contribution >= 0.6 is 22.9 Å². The minimum atomic E-state index is 0.599. The van der Waals surface area contributed by atoms with Gasteiger partial charge in [-0.15, -0.1) is 0 Å². The third-order valence-electron chi connectivity index (χ3n) is 2.67. The van der Waals surface area contributed by atoms with Crippen LogP contribution in [0.4, 0.5) is 0 Å². The lowest BCUT2D eigenvalue weighted by molar-refractivity contribution is 0.688. The molecule has 0 aliphatic rings. The molecule has 0 unspecified atom stereocenters. The third kappa shape index (κ3) is 3.58. The fourth-order valence-electron chi connectivity index (χ4n) is 1.65. The summed E-state index contributed by atoms with van der Waals surface area (Å²) in [5.41, 5.74) is 2.99. The van der Waals surface area contributed by atoms with Gasteiger partial charge >= 0.3 is 0 Å². The summed E-state index contributed by atoms with van der Waals surface area (Å²) in [6.45, 7) is 1.65. The predicted molar refractivity (Wildman–Crippen MR) is 75.9 cm³/mol. The minimum Gasteiger partial charge on any atom is -0.312 e. The van der Waals surface area contributed by atoms with Crippen LogP contribution in [0.15, 0.2) is 35.0 Å². The van der Waals surface area contributed by atoms with Gasteiger partial charge in [0.15, 0.2) is 0 Å². The molecule has 2 aromatic rings. The monoisotopic (exact) mass is 276 g/mol. The van der Waals surface area contributed by atoms with Gasteiger partial charge in [-0.25, -0.2) is 0 Å². The minimum absolute atomic E-state index is 0.599. The average molecular weight is 277 g/mol. The fraction of sp³-hybridized carbons (Fsp3) is 0.214. The Morgan fingerprint density at radius 3 is 2.89 bits per heavy atom. The second-order valence-corrected chi connectivity index (χ2v) is 5.16. The molecule has 1 heterocycles. The zero-order chi connectivity index (χ0) is 12.8. The third-order valence-corrected chi connectivity index (χ3v) is 3.75. The number of halogens is 1. The summed E-state index contributed by atoms with van der Waals surface area (Å²) < 4.78 is 0. The maximum absolute atomic E-state index is 8.75. The van der Waals surface area contributed by atoms with E-state index in [4.69, 9.17) is 16.9 Å². The Bertz CT molecular complexity index is 543. The van der Waals surface area contributed by atoms with Crippen LogP contribution in [-0.2, 0) is 13.0 Å². The molecule has 18 heavy (non-hydrogen) atoms. The second-order valence-electron chi connectivity index (χ2n) is 3.98. The zero-order valence-corrected chi connectivity index (χ0v) is 11.4. The van der Waals surface area contributed by atoms with Crippen molar-refractivity contribution in [1.29, 1.82) is 5.26 Å². The first-order valence-electron chi connectivity index (χ1n) is 5.70. The summed E-state index contributed by atoms with van der Waals surface area (Å²) in [6.07, 6.45) is 1.03. The topological polar surface area (TPSA) is 35.8 Å². The van der Waals surface area contributed by atoms with Crippen LogP contribution in [0.2, 0.25) is 5.02 Å². The molecule has 0 amide bonds. The van der Waals surface area contributed by atoms with Crippen LogP contribution in [-0.4, -0.2) is 6.54 Å². The molecule has 0 radical (unpaired) electrons. The van der Waals surface area contributed by atoms with Gasteiger partial charge in [0.1, 0.15) is 0 Å². The van der Waals surface area contributed by atoms with Gasteiger partial charge in [0.05, 0.1) is 11.6 Å². The Labute approximate surface area is 116 Å². The SMILES string of the molecule is N#Cc1ccc(CNCCc2ccsc2)c(Cl)c1. The highest BCUT2D eigenvalue weighted by Crippen LogP contribution is 2.17. The summed E-state index contributed by atoms with van der Waals surface area (Å²) in [4.78, 5) is 0. The lowest BCUT2D eigenvalue weighted by atomic mass is 10.1. The standard InChI is InChI=1S/C14H13ClN2S/c15-14-7-12(8-16)1-2-13(14)9-17-5-3-11-4-6-18-10-11/h1-2,4,6-7,10,17H,3,5,9H2. The maximum Gasteiger partial charge on any atom is 0.0992 e. The van der Waals surface area contributed by atoms with Gasteiger partial charge in [-0.3, -0.25) is 0 Å². The van der Waals surface area contributed by atoms with E-state index in [9.17, 15) is 0 Å². The number of nitrogens with zero attached hydrogens (tertiary/aromatic N) is 1. The molecule has 0 atom stereocenters. The van der Waals surface area contributed by atoms with Crippen molar-refractivity contribution < 1.29 is 0 Å². The van der Waals surface area contributed by atoms with E-state index in [2.05, 4.69) is 28.2 Å². The van der Waals surface area contributed by atoms with E-state index < -0.39 is 0 Å². The van der Waals surface area contributed by atoms with Crippen molar-refractivity contribution in [1.82, 2.24) is 5.32 Å². The lowest BCUT2D eigenvalue weighted by Gasteiger charge is -2.06. The van der Waals surface area contributed by atoms with E-state index in [1.165, 1.54) is 5.56 Å². The fourth-order valence-corrected chi connectivity index (χ4v) is 2.60. The van der Waals surface area contributed by atoms with Crippen molar-refractivity contribution in [2.75, 3.05) is 6.54 Å². The molecule has 0 saturated heterocycles. The van der Waals surface area contributed by atoms with Gasteiger partial charge in [-0.05, 0) is 53.1 Å². The number of hydrogen-bond donors (Lipinski definition) is 1. The average Bonchev–Trinajstić information content (AvgIpc) is 2.89. The molecule has 0 spiro atoms. The highest BCUT2D eigenvalue weighted by atomic mass is 35.5. The number of nitriles is 1. The maximum atomic E-state index is 8.75. The Kier molecular flexibility index (Phi) is 4.77. The van der Waals surface area contributed by atoms with Crippen LogP contribution in [0.3, 0.4) is 0 Å². The van der Waals surface area contributed by atoms with E-state index in [1.807, 2.05) is 6.07 Å². The van der Waals surface area contributed by atoms with Gasteiger partial charge < -0.3 is 5.32 Å². The number of hydrogen-bond acceptors (Lipinski definition) is 3. The van der Waals surface area contributed by atoms with E-state index in [1.54, 1.807) is 23.5 Å². The largest absolute Gasteiger partial charge is 0.312 e. The Balaban J connectivity index is 1.82. The molecule has 0 fully saturated rings. The van der Waals surface area contributed by atoms with Crippen molar-refractivity contribution in [3.05, 3.63) is 56.7 Å². The Morgan fingerprint density at radius 2 is 2.22 bits per heavy atom. The van der Waals surface area contributed by atoms with Crippen molar-refractivity contribution in [2.24, 2.45) is 0 Å². The quantitative estimate of drug-likeness (QED) is 0.847. The number of benzene rings is 1. The first kappa shape index (κ1) is 13.1. The van der Waals surface area contributed by atoms with Gasteiger partial charge in [-0.1, -0.05) is 17.7 Å². The molecular formula is C14H13ClN2S. The highest BCUT2D eigenvalue weighted by molar-refractivity contribution is 7.07. The van der Waals surface area contributed by atoms with E-state index in [-0.39, 0.29) is 0 Å². The molecule has 0 saturated carbocycles. The Hall–Kier alpha value is -1.34. The molecule has 92 valence electrons. The van der Waals surface area contributed by atoms with Gasteiger partial charge in [0.2, 0.25) is 0 Å². The van der Waals surface area contributed by atoms with E-state index in [0.29, 0.717) is 10.6 Å². The van der Waals surface area contributed by atoms with Crippen LogP contribution in [0.25, 0.3) is 0 Å². The molecule has 1 aromatic heterocycles. The summed E-state index contributed by atoms with van der Waals surface area (Å²) in [7, 11) is 0. The summed E-state index contributed by atoms with van der Waals surface area (Å²) >= 11 is 7.82. The molecule has 1 N–H and O–H groups in total. The molecule has 1 aromatic carbocycles. The number of thiophene rings is 1. The van der Waals surface area contributed by atoms with Crippen LogP contribution in [0.5, 0.6) is 0 Å². The summed E-state index contributed by atoms with van der Waals surface area (Å²) in [6, 6.07) is 9.62. The number of rotatable bonds is 5. The van der Waals surface area contributed by atoms with E-state index >= 15 is 0 Å². The smallest absolute Gasteiger partial charge is 0.0992 e. The summed E-state index contributed by atoms with van der Waals surface area (Å²) in [5.74, 6) is 0. The molecule has 4 heteroatoms. The number of nitrogens with one attached hydrogen (secondary N) is 1. The molecular weight excluding hydrogens is 264 g/mol. The van der Waals surface area contributed by atoms with Gasteiger partial charge in [-0.2, -0.15) is 16.6 Å².